The van der Waals surface area contributed by atoms with Crippen molar-refractivity contribution in [3.63, 3.8) is 0 Å². The van der Waals surface area contributed by atoms with Gasteiger partial charge in [0.05, 0.1) is 0 Å². The molecule has 0 saturated heterocycles. The Morgan fingerprint density at radius 3 is 2.10 bits per heavy atom. The maximum Gasteiger partial charge on any atom is 0.194 e. The smallest absolute Gasteiger partial charge is 0.194 e. The molecule has 0 N–H and O–H groups in total. The van der Waals surface area contributed by atoms with E-state index in [0.717, 1.165) is 43.7 Å². The van der Waals surface area contributed by atoms with Crippen molar-refractivity contribution in [2.75, 3.05) is 0 Å². The molecular weight excluding hydrogens is 277 g/mol. The predicted octanol–water partition coefficient (Wildman–Crippen LogP) is 5.28. The van der Waals surface area contributed by atoms with Crippen molar-refractivity contribution < 1.29 is 18.0 Å². The molecule has 0 aromatic heterocycles. The van der Waals surface area contributed by atoms with Gasteiger partial charge < -0.3 is 0 Å². The highest BCUT2D eigenvalue weighted by molar-refractivity contribution is 5.96. The Labute approximate surface area is 123 Å². The van der Waals surface area contributed by atoms with Crippen LogP contribution in [0.5, 0.6) is 0 Å². The van der Waals surface area contributed by atoms with Crippen LogP contribution in [0.1, 0.15) is 62.2 Å². The van der Waals surface area contributed by atoms with Gasteiger partial charge in [-0.3, -0.25) is 4.79 Å². The first kappa shape index (κ1) is 16.1. The molecule has 0 bridgehead atoms. The largest absolute Gasteiger partial charge is 0.294 e. The molecule has 4 heteroatoms. The number of benzene rings is 1. The zero-order chi connectivity index (χ0) is 15.4. The molecule has 1 aromatic carbocycles. The number of Topliss-reactive ketones (excluding diaryl/α,β-unsaturated/α-hetero) is 1. The molecule has 0 radical (unpaired) electrons. The minimum absolute atomic E-state index is 0.0675. The highest BCUT2D eigenvalue weighted by atomic mass is 19.2. The molecule has 0 amide bonds. The van der Waals surface area contributed by atoms with E-state index in [1.165, 1.54) is 12.8 Å². The van der Waals surface area contributed by atoms with Crippen molar-refractivity contribution in [3.8, 4) is 0 Å². The quantitative estimate of drug-likeness (QED) is 0.533. The van der Waals surface area contributed by atoms with E-state index in [-0.39, 0.29) is 17.3 Å². The van der Waals surface area contributed by atoms with Gasteiger partial charge in [-0.15, -0.1) is 0 Å². The second kappa shape index (κ2) is 7.10. The number of hydrogen-bond donors (Lipinski definition) is 0. The predicted molar refractivity (Wildman–Crippen MR) is 75.6 cm³/mol. The molecule has 1 fully saturated rings. The Morgan fingerprint density at radius 1 is 1.05 bits per heavy atom. The first-order chi connectivity index (χ1) is 10.0. The summed E-state index contributed by atoms with van der Waals surface area (Å²) < 4.78 is 39.2. The number of carbonyl (C=O) groups excluding carboxylic acids is 1. The first-order valence-electron chi connectivity index (χ1n) is 7.69. The summed E-state index contributed by atoms with van der Waals surface area (Å²) in [5, 5.41) is 0. The van der Waals surface area contributed by atoms with Crippen molar-refractivity contribution in [2.24, 2.45) is 11.8 Å². The number of halogens is 3. The summed E-state index contributed by atoms with van der Waals surface area (Å²) in [6.07, 6.45) is 6.93. The lowest BCUT2D eigenvalue weighted by Gasteiger charge is -2.27. The Hall–Kier alpha value is -1.32. The van der Waals surface area contributed by atoms with Gasteiger partial charge in [0.25, 0.3) is 0 Å². The monoisotopic (exact) mass is 298 g/mol. The molecular formula is C17H21F3O. The highest BCUT2D eigenvalue weighted by Crippen LogP contribution is 2.34. The van der Waals surface area contributed by atoms with Gasteiger partial charge in [0.1, 0.15) is 0 Å². The van der Waals surface area contributed by atoms with E-state index in [1.54, 1.807) is 0 Å². The lowest BCUT2D eigenvalue weighted by Crippen LogP contribution is -2.17. The fourth-order valence-electron chi connectivity index (χ4n) is 3.23. The molecule has 1 saturated carbocycles. The van der Waals surface area contributed by atoms with Crippen LogP contribution in [0.3, 0.4) is 0 Å². The molecule has 0 spiro atoms. The molecule has 1 aromatic rings. The zero-order valence-electron chi connectivity index (χ0n) is 12.3. The third kappa shape index (κ3) is 4.08. The Morgan fingerprint density at radius 2 is 1.57 bits per heavy atom. The SMILES string of the molecule is CCCC1CCC(CC(=O)c2cc(F)c(F)c(F)c2)CC1. The van der Waals surface area contributed by atoms with Gasteiger partial charge in [-0.1, -0.05) is 32.6 Å². The summed E-state index contributed by atoms with van der Waals surface area (Å²) in [6.45, 7) is 2.17. The summed E-state index contributed by atoms with van der Waals surface area (Å²) in [4.78, 5) is 12.1. The van der Waals surface area contributed by atoms with Crippen molar-refractivity contribution in [2.45, 2.75) is 51.9 Å². The van der Waals surface area contributed by atoms with E-state index in [9.17, 15) is 18.0 Å². The molecule has 0 atom stereocenters. The topological polar surface area (TPSA) is 17.1 Å². The minimum atomic E-state index is -1.52. The second-order valence-electron chi connectivity index (χ2n) is 6.06. The van der Waals surface area contributed by atoms with E-state index in [4.69, 9.17) is 0 Å². The van der Waals surface area contributed by atoms with Gasteiger partial charge in [-0.2, -0.15) is 0 Å². The maximum absolute atomic E-state index is 13.1. The van der Waals surface area contributed by atoms with Crippen molar-refractivity contribution >= 4 is 5.78 Å². The van der Waals surface area contributed by atoms with E-state index < -0.39 is 17.5 Å². The zero-order valence-corrected chi connectivity index (χ0v) is 12.3. The minimum Gasteiger partial charge on any atom is -0.294 e. The number of ketones is 1. The van der Waals surface area contributed by atoms with Crippen LogP contribution in [0, 0.1) is 29.3 Å². The van der Waals surface area contributed by atoms with Crippen LogP contribution in [0.2, 0.25) is 0 Å². The van der Waals surface area contributed by atoms with Gasteiger partial charge in [0.2, 0.25) is 0 Å². The lowest BCUT2D eigenvalue weighted by atomic mass is 9.78. The Balaban J connectivity index is 1.93. The lowest BCUT2D eigenvalue weighted by molar-refractivity contribution is 0.0940. The van der Waals surface area contributed by atoms with Crippen LogP contribution in [-0.2, 0) is 0 Å². The van der Waals surface area contributed by atoms with Crippen LogP contribution in [0.4, 0.5) is 13.2 Å². The van der Waals surface area contributed by atoms with Crippen LogP contribution in [0.25, 0.3) is 0 Å². The van der Waals surface area contributed by atoms with Gasteiger partial charge in [-0.05, 0) is 36.8 Å². The summed E-state index contributed by atoms with van der Waals surface area (Å²) in [5.41, 5.74) is -0.0675. The number of rotatable bonds is 5. The molecule has 116 valence electrons. The third-order valence-corrected chi connectivity index (χ3v) is 4.44. The van der Waals surface area contributed by atoms with E-state index in [2.05, 4.69) is 6.92 Å². The normalized spacial score (nSPS) is 22.3. The molecule has 0 heterocycles. The summed E-state index contributed by atoms with van der Waals surface area (Å²) >= 11 is 0. The molecule has 0 aliphatic heterocycles. The fraction of sp³-hybridized carbons (Fsp3) is 0.588. The van der Waals surface area contributed by atoms with Crippen LogP contribution < -0.4 is 0 Å². The molecule has 0 unspecified atom stereocenters. The molecule has 2 rings (SSSR count). The van der Waals surface area contributed by atoms with Crippen LogP contribution >= 0.6 is 0 Å². The van der Waals surface area contributed by atoms with Crippen molar-refractivity contribution in [1.82, 2.24) is 0 Å². The standard InChI is InChI=1S/C17H21F3O/c1-2-3-11-4-6-12(7-5-11)8-16(21)13-9-14(18)17(20)15(19)10-13/h9-12H,2-8H2,1H3. The van der Waals surface area contributed by atoms with Crippen LogP contribution in [0.15, 0.2) is 12.1 Å². The summed E-state index contributed by atoms with van der Waals surface area (Å²) in [6, 6.07) is 1.59. The first-order valence-corrected chi connectivity index (χ1v) is 7.69. The third-order valence-electron chi connectivity index (χ3n) is 4.44. The maximum atomic E-state index is 13.1. The average molecular weight is 298 g/mol. The van der Waals surface area contributed by atoms with Gasteiger partial charge in [-0.25, -0.2) is 13.2 Å². The Bertz CT molecular complexity index is 482. The van der Waals surface area contributed by atoms with E-state index in [1.807, 2.05) is 0 Å². The number of carbonyl (C=O) groups is 1. The van der Waals surface area contributed by atoms with Gasteiger partial charge in [0, 0.05) is 12.0 Å². The number of hydrogen-bond acceptors (Lipinski definition) is 1. The van der Waals surface area contributed by atoms with Crippen LogP contribution in [-0.4, -0.2) is 5.78 Å². The molecule has 21 heavy (non-hydrogen) atoms. The summed E-state index contributed by atoms with van der Waals surface area (Å²) in [5.74, 6) is -3.39. The second-order valence-corrected chi connectivity index (χ2v) is 6.06. The average Bonchev–Trinajstić information content (AvgIpc) is 2.46. The molecule has 1 aliphatic rings. The van der Waals surface area contributed by atoms with E-state index >= 15 is 0 Å². The van der Waals surface area contributed by atoms with E-state index in [0.29, 0.717) is 6.42 Å². The van der Waals surface area contributed by atoms with Gasteiger partial charge >= 0.3 is 0 Å². The van der Waals surface area contributed by atoms with Crippen molar-refractivity contribution in [1.29, 1.82) is 0 Å². The molecule has 1 aliphatic carbocycles. The Kier molecular flexibility index (Phi) is 5.43. The molecule has 1 nitrogen and oxygen atoms in total. The van der Waals surface area contributed by atoms with Crippen molar-refractivity contribution in [3.05, 3.63) is 35.1 Å². The highest BCUT2D eigenvalue weighted by Gasteiger charge is 2.24. The summed E-state index contributed by atoms with van der Waals surface area (Å²) in [7, 11) is 0. The van der Waals surface area contributed by atoms with Gasteiger partial charge in [0.15, 0.2) is 23.2 Å². The fourth-order valence-corrected chi connectivity index (χ4v) is 3.23.